The van der Waals surface area contributed by atoms with Crippen LogP contribution in [-0.2, 0) is 14.6 Å². The van der Waals surface area contributed by atoms with Crippen molar-refractivity contribution in [2.24, 2.45) is 0 Å². The Kier molecular flexibility index (Phi) is 2.95. The lowest BCUT2D eigenvalue weighted by Gasteiger charge is -2.27. The van der Waals surface area contributed by atoms with Gasteiger partial charge in [0, 0.05) is 0 Å². The minimum Gasteiger partial charge on any atom is -0.480 e. The fourth-order valence-electron chi connectivity index (χ4n) is 1.48. The van der Waals surface area contributed by atoms with E-state index in [-0.39, 0.29) is 6.42 Å². The SMILES string of the molecule is CCC(C(=O)O)S(=O)(=O)C1CCC1. The molecule has 0 saturated heterocycles. The summed E-state index contributed by atoms with van der Waals surface area (Å²) in [5.74, 6) is -1.21. The van der Waals surface area contributed by atoms with Crippen molar-refractivity contribution >= 4 is 15.8 Å². The normalized spacial score (nSPS) is 20.7. The molecule has 13 heavy (non-hydrogen) atoms. The number of carboxylic acid groups (broad SMARTS) is 1. The molecule has 0 aromatic rings. The minimum absolute atomic E-state index is 0.161. The summed E-state index contributed by atoms with van der Waals surface area (Å²) in [6.07, 6.45) is 2.33. The third kappa shape index (κ3) is 1.85. The molecule has 1 N–H and O–H groups in total. The Morgan fingerprint density at radius 1 is 1.54 bits per heavy atom. The van der Waals surface area contributed by atoms with E-state index >= 15 is 0 Å². The van der Waals surface area contributed by atoms with Gasteiger partial charge in [0.05, 0.1) is 5.25 Å². The molecular formula is C8H14O4S. The van der Waals surface area contributed by atoms with Crippen molar-refractivity contribution in [3.63, 3.8) is 0 Å². The average Bonchev–Trinajstić information content (AvgIpc) is 1.79. The van der Waals surface area contributed by atoms with Crippen molar-refractivity contribution in [1.29, 1.82) is 0 Å². The van der Waals surface area contributed by atoms with E-state index in [1.807, 2.05) is 0 Å². The van der Waals surface area contributed by atoms with Crippen molar-refractivity contribution in [3.8, 4) is 0 Å². The molecule has 1 fully saturated rings. The van der Waals surface area contributed by atoms with Crippen LogP contribution in [0.2, 0.25) is 0 Å². The third-order valence-electron chi connectivity index (χ3n) is 2.56. The summed E-state index contributed by atoms with van der Waals surface area (Å²) in [6.45, 7) is 1.59. The van der Waals surface area contributed by atoms with Crippen LogP contribution < -0.4 is 0 Å². The molecular weight excluding hydrogens is 192 g/mol. The Labute approximate surface area is 77.9 Å². The van der Waals surface area contributed by atoms with Crippen molar-refractivity contribution in [2.45, 2.75) is 43.1 Å². The van der Waals surface area contributed by atoms with Crippen LogP contribution in [0, 0.1) is 0 Å². The molecule has 4 nitrogen and oxygen atoms in total. The number of aliphatic carboxylic acids is 1. The topological polar surface area (TPSA) is 71.4 Å². The fraction of sp³-hybridized carbons (Fsp3) is 0.875. The van der Waals surface area contributed by atoms with Gasteiger partial charge in [-0.15, -0.1) is 0 Å². The first-order valence-electron chi connectivity index (χ1n) is 4.45. The molecule has 1 unspecified atom stereocenters. The fourth-order valence-corrected chi connectivity index (χ4v) is 3.68. The number of carbonyl (C=O) groups is 1. The van der Waals surface area contributed by atoms with Crippen LogP contribution in [0.5, 0.6) is 0 Å². The second-order valence-corrected chi connectivity index (χ2v) is 5.79. The van der Waals surface area contributed by atoms with E-state index in [1.54, 1.807) is 6.92 Å². The predicted octanol–water partition coefficient (Wildman–Crippen LogP) is 0.817. The average molecular weight is 206 g/mol. The zero-order valence-corrected chi connectivity index (χ0v) is 8.38. The van der Waals surface area contributed by atoms with E-state index in [0.717, 1.165) is 6.42 Å². The van der Waals surface area contributed by atoms with Crippen LogP contribution in [0.25, 0.3) is 0 Å². The molecule has 0 heterocycles. The second-order valence-electron chi connectivity index (χ2n) is 3.38. The van der Waals surface area contributed by atoms with Crippen LogP contribution in [0.3, 0.4) is 0 Å². The molecule has 76 valence electrons. The maximum absolute atomic E-state index is 11.6. The van der Waals surface area contributed by atoms with Gasteiger partial charge >= 0.3 is 5.97 Å². The number of carboxylic acids is 1. The molecule has 0 amide bonds. The lowest BCUT2D eigenvalue weighted by atomic mass is 10.00. The molecule has 5 heteroatoms. The number of hydrogen-bond acceptors (Lipinski definition) is 3. The Morgan fingerprint density at radius 3 is 2.31 bits per heavy atom. The first-order valence-corrected chi connectivity index (χ1v) is 6.06. The molecule has 1 rings (SSSR count). The highest BCUT2D eigenvalue weighted by molar-refractivity contribution is 7.93. The summed E-state index contributed by atoms with van der Waals surface area (Å²) in [6, 6.07) is 0. The second kappa shape index (κ2) is 3.65. The largest absolute Gasteiger partial charge is 0.480 e. The van der Waals surface area contributed by atoms with E-state index in [4.69, 9.17) is 5.11 Å². The molecule has 1 aliphatic rings. The van der Waals surface area contributed by atoms with Gasteiger partial charge in [-0.25, -0.2) is 8.42 Å². The molecule has 1 saturated carbocycles. The summed E-state index contributed by atoms with van der Waals surface area (Å²) in [5.41, 5.74) is 0. The molecule has 0 bridgehead atoms. The first kappa shape index (κ1) is 10.5. The predicted molar refractivity (Wildman–Crippen MR) is 48.3 cm³/mol. The quantitative estimate of drug-likeness (QED) is 0.739. The molecule has 0 spiro atoms. The van der Waals surface area contributed by atoms with Gasteiger partial charge in [0.1, 0.15) is 0 Å². The zero-order chi connectivity index (χ0) is 10.1. The van der Waals surface area contributed by atoms with E-state index in [1.165, 1.54) is 0 Å². The highest BCUT2D eigenvalue weighted by Crippen LogP contribution is 2.29. The third-order valence-corrected chi connectivity index (χ3v) is 5.29. The lowest BCUT2D eigenvalue weighted by Crippen LogP contribution is -2.40. The molecule has 0 aromatic heterocycles. The van der Waals surface area contributed by atoms with E-state index in [0.29, 0.717) is 12.8 Å². The molecule has 1 aliphatic carbocycles. The number of rotatable bonds is 4. The highest BCUT2D eigenvalue weighted by Gasteiger charge is 2.40. The van der Waals surface area contributed by atoms with Gasteiger partial charge in [-0.1, -0.05) is 13.3 Å². The van der Waals surface area contributed by atoms with Gasteiger partial charge in [-0.05, 0) is 19.3 Å². The minimum atomic E-state index is -3.41. The van der Waals surface area contributed by atoms with Crippen molar-refractivity contribution in [2.75, 3.05) is 0 Å². The highest BCUT2D eigenvalue weighted by atomic mass is 32.2. The van der Waals surface area contributed by atoms with Crippen LogP contribution in [0.15, 0.2) is 0 Å². The summed E-state index contributed by atoms with van der Waals surface area (Å²) >= 11 is 0. The van der Waals surface area contributed by atoms with Gasteiger partial charge in [-0.3, -0.25) is 4.79 Å². The van der Waals surface area contributed by atoms with Gasteiger partial charge in [0.2, 0.25) is 0 Å². The molecule has 1 atom stereocenters. The maximum atomic E-state index is 11.6. The number of hydrogen-bond donors (Lipinski definition) is 1. The summed E-state index contributed by atoms with van der Waals surface area (Å²) in [7, 11) is -3.41. The standard InChI is InChI=1S/C8H14O4S/c1-2-7(8(9)10)13(11,12)6-4-3-5-6/h6-7H,2-5H2,1H3,(H,9,10). The van der Waals surface area contributed by atoms with Crippen molar-refractivity contribution in [1.82, 2.24) is 0 Å². The number of sulfone groups is 1. The van der Waals surface area contributed by atoms with Crippen molar-refractivity contribution in [3.05, 3.63) is 0 Å². The van der Waals surface area contributed by atoms with Crippen LogP contribution >= 0.6 is 0 Å². The van der Waals surface area contributed by atoms with Crippen LogP contribution in [0.4, 0.5) is 0 Å². The van der Waals surface area contributed by atoms with Gasteiger partial charge in [-0.2, -0.15) is 0 Å². The van der Waals surface area contributed by atoms with Gasteiger partial charge < -0.3 is 5.11 Å². The lowest BCUT2D eigenvalue weighted by molar-refractivity contribution is -0.136. The molecule has 0 radical (unpaired) electrons. The summed E-state index contributed by atoms with van der Waals surface area (Å²) in [5, 5.41) is 7.11. The van der Waals surface area contributed by atoms with Crippen molar-refractivity contribution < 1.29 is 18.3 Å². The zero-order valence-electron chi connectivity index (χ0n) is 7.56. The van der Waals surface area contributed by atoms with Crippen LogP contribution in [-0.4, -0.2) is 30.0 Å². The monoisotopic (exact) mass is 206 g/mol. The van der Waals surface area contributed by atoms with Gasteiger partial charge in [0.15, 0.2) is 15.1 Å². The maximum Gasteiger partial charge on any atom is 0.321 e. The first-order chi connectivity index (χ1) is 6.00. The summed E-state index contributed by atoms with van der Waals surface area (Å²) in [4.78, 5) is 10.6. The Bertz CT molecular complexity index is 289. The summed E-state index contributed by atoms with van der Waals surface area (Å²) < 4.78 is 23.2. The molecule has 0 aromatic carbocycles. The molecule has 0 aliphatic heterocycles. The van der Waals surface area contributed by atoms with Crippen LogP contribution in [0.1, 0.15) is 32.6 Å². The Balaban J connectivity index is 2.82. The van der Waals surface area contributed by atoms with Gasteiger partial charge in [0.25, 0.3) is 0 Å². The van der Waals surface area contributed by atoms with E-state index in [9.17, 15) is 13.2 Å². The smallest absolute Gasteiger partial charge is 0.321 e. The van der Waals surface area contributed by atoms with E-state index < -0.39 is 26.3 Å². The Hall–Kier alpha value is -0.580. The Morgan fingerprint density at radius 2 is 2.08 bits per heavy atom. The van der Waals surface area contributed by atoms with E-state index in [2.05, 4.69) is 0 Å².